The van der Waals surface area contributed by atoms with Crippen LogP contribution in [0.1, 0.15) is 38.2 Å². The van der Waals surface area contributed by atoms with Crippen LogP contribution < -0.4 is 11.1 Å². The molecule has 0 aliphatic heterocycles. The van der Waals surface area contributed by atoms with Crippen LogP contribution in [0.3, 0.4) is 0 Å². The van der Waals surface area contributed by atoms with Gasteiger partial charge in [0.05, 0.1) is 5.52 Å². The van der Waals surface area contributed by atoms with E-state index in [9.17, 15) is 4.79 Å². The average Bonchev–Trinajstić information content (AvgIpc) is 2.83. The third kappa shape index (κ3) is 4.41. The van der Waals surface area contributed by atoms with Crippen molar-refractivity contribution in [2.45, 2.75) is 46.8 Å². The Morgan fingerprint density at radius 2 is 2.17 bits per heavy atom. The number of nitrogens with zero attached hydrogens (tertiary/aromatic N) is 3. The fraction of sp³-hybridized carbons (Fsp3) is 0.562. The molecule has 0 bridgehead atoms. The Kier molecular flexibility index (Phi) is 5.92. The maximum absolute atomic E-state index is 10.9. The summed E-state index contributed by atoms with van der Waals surface area (Å²) in [6.45, 7) is 8.00. The average molecular weight is 319 g/mol. The van der Waals surface area contributed by atoms with Gasteiger partial charge < -0.3 is 20.4 Å². The standard InChI is InChI=1S/C16H25N5O2/c1-4-23-10-14-20-15-13(9-11(2)19-16(15)17)21(14)8-6-5-7-18-12(3)22/h9H,4-8,10H2,1-3H3,(H2,17,19)(H,18,22). The van der Waals surface area contributed by atoms with Crippen LogP contribution in [-0.2, 0) is 22.7 Å². The van der Waals surface area contributed by atoms with Crippen molar-refractivity contribution < 1.29 is 9.53 Å². The van der Waals surface area contributed by atoms with E-state index in [2.05, 4.69) is 19.9 Å². The SMILES string of the molecule is CCOCc1nc2c(N)nc(C)cc2n1CCCCNC(C)=O. The number of hydrogen-bond donors (Lipinski definition) is 2. The number of anilines is 1. The second-order valence-corrected chi connectivity index (χ2v) is 5.52. The van der Waals surface area contributed by atoms with E-state index >= 15 is 0 Å². The van der Waals surface area contributed by atoms with Crippen LogP contribution in [0.2, 0.25) is 0 Å². The van der Waals surface area contributed by atoms with Crippen molar-refractivity contribution in [1.29, 1.82) is 0 Å². The summed E-state index contributed by atoms with van der Waals surface area (Å²) in [5, 5.41) is 2.81. The minimum Gasteiger partial charge on any atom is -0.382 e. The molecule has 0 saturated carbocycles. The first-order chi connectivity index (χ1) is 11.0. The molecule has 0 aliphatic carbocycles. The molecule has 0 radical (unpaired) electrons. The number of aromatic nitrogens is 3. The van der Waals surface area contributed by atoms with Crippen molar-refractivity contribution in [2.24, 2.45) is 0 Å². The number of fused-ring (bicyclic) bond motifs is 1. The minimum atomic E-state index is 0.00425. The number of nitrogen functional groups attached to an aromatic ring is 1. The number of unbranched alkanes of at least 4 members (excludes halogenated alkanes) is 1. The molecule has 0 unspecified atom stereocenters. The number of rotatable bonds is 8. The molecule has 23 heavy (non-hydrogen) atoms. The molecule has 2 aromatic heterocycles. The quantitative estimate of drug-likeness (QED) is 0.723. The van der Waals surface area contributed by atoms with Gasteiger partial charge in [0.2, 0.25) is 5.91 Å². The lowest BCUT2D eigenvalue weighted by Crippen LogP contribution is -2.21. The summed E-state index contributed by atoms with van der Waals surface area (Å²) in [5.41, 5.74) is 8.59. The van der Waals surface area contributed by atoms with Gasteiger partial charge in [-0.1, -0.05) is 0 Å². The third-order valence-corrected chi connectivity index (χ3v) is 3.59. The number of aryl methyl sites for hydroxylation is 2. The predicted octanol–water partition coefficient (Wildman–Crippen LogP) is 1.77. The molecule has 2 aromatic rings. The van der Waals surface area contributed by atoms with Crippen LogP contribution >= 0.6 is 0 Å². The molecule has 0 fully saturated rings. The lowest BCUT2D eigenvalue weighted by molar-refractivity contribution is -0.118. The Bertz CT molecular complexity index is 681. The van der Waals surface area contributed by atoms with E-state index in [1.165, 1.54) is 6.92 Å². The van der Waals surface area contributed by atoms with Gasteiger partial charge in [0.1, 0.15) is 17.9 Å². The Labute approximate surface area is 136 Å². The highest BCUT2D eigenvalue weighted by atomic mass is 16.5. The molecule has 0 atom stereocenters. The first-order valence-corrected chi connectivity index (χ1v) is 7.97. The molecule has 1 amide bonds. The first kappa shape index (κ1) is 17.2. The molecule has 7 heteroatoms. The van der Waals surface area contributed by atoms with Crippen LogP contribution in [0.15, 0.2) is 6.07 Å². The van der Waals surface area contributed by atoms with Gasteiger partial charge in [-0.05, 0) is 32.8 Å². The van der Waals surface area contributed by atoms with E-state index in [0.717, 1.165) is 41.9 Å². The molecule has 2 rings (SSSR count). The fourth-order valence-electron chi connectivity index (χ4n) is 2.53. The Balaban J connectivity index is 2.18. The van der Waals surface area contributed by atoms with Crippen molar-refractivity contribution in [3.05, 3.63) is 17.6 Å². The van der Waals surface area contributed by atoms with Crippen molar-refractivity contribution >= 4 is 22.8 Å². The zero-order chi connectivity index (χ0) is 16.8. The molecule has 0 aromatic carbocycles. The third-order valence-electron chi connectivity index (χ3n) is 3.59. The highest BCUT2D eigenvalue weighted by molar-refractivity contribution is 5.85. The highest BCUT2D eigenvalue weighted by Gasteiger charge is 2.14. The summed E-state index contributed by atoms with van der Waals surface area (Å²) in [7, 11) is 0. The smallest absolute Gasteiger partial charge is 0.216 e. The number of hydrogen-bond acceptors (Lipinski definition) is 5. The normalized spacial score (nSPS) is 11.1. The van der Waals surface area contributed by atoms with Crippen molar-refractivity contribution in [1.82, 2.24) is 19.9 Å². The fourth-order valence-corrected chi connectivity index (χ4v) is 2.53. The molecule has 126 valence electrons. The number of pyridine rings is 1. The summed E-state index contributed by atoms with van der Waals surface area (Å²) in [4.78, 5) is 19.8. The number of amides is 1. The maximum Gasteiger partial charge on any atom is 0.216 e. The van der Waals surface area contributed by atoms with Gasteiger partial charge in [-0.25, -0.2) is 9.97 Å². The van der Waals surface area contributed by atoms with Crippen molar-refractivity contribution in [3.63, 3.8) is 0 Å². The summed E-state index contributed by atoms with van der Waals surface area (Å²) in [5.74, 6) is 1.32. The predicted molar refractivity (Wildman–Crippen MR) is 89.9 cm³/mol. The first-order valence-electron chi connectivity index (χ1n) is 7.97. The largest absolute Gasteiger partial charge is 0.382 e. The van der Waals surface area contributed by atoms with Gasteiger partial charge in [-0.2, -0.15) is 0 Å². The van der Waals surface area contributed by atoms with Gasteiger partial charge in [-0.15, -0.1) is 0 Å². The minimum absolute atomic E-state index is 0.00425. The molecule has 0 aliphatic rings. The van der Waals surface area contributed by atoms with Crippen LogP contribution in [-0.4, -0.2) is 33.6 Å². The van der Waals surface area contributed by atoms with Gasteiger partial charge in [0.15, 0.2) is 5.82 Å². The van der Waals surface area contributed by atoms with Crippen LogP contribution in [0.25, 0.3) is 11.0 Å². The number of nitrogens with two attached hydrogens (primary N) is 1. The van der Waals surface area contributed by atoms with Gasteiger partial charge in [-0.3, -0.25) is 4.79 Å². The molecule has 0 spiro atoms. The second kappa shape index (κ2) is 7.92. The monoisotopic (exact) mass is 319 g/mol. The summed E-state index contributed by atoms with van der Waals surface area (Å²) in [6, 6.07) is 2.00. The molecule has 3 N–H and O–H groups in total. The van der Waals surface area contributed by atoms with E-state index in [1.807, 2.05) is 19.9 Å². The number of ether oxygens (including phenoxy) is 1. The maximum atomic E-state index is 10.9. The lowest BCUT2D eigenvalue weighted by atomic mass is 10.2. The zero-order valence-corrected chi connectivity index (χ0v) is 14.1. The highest BCUT2D eigenvalue weighted by Crippen LogP contribution is 2.22. The Hall–Kier alpha value is -2.15. The topological polar surface area (TPSA) is 95.1 Å². The van der Waals surface area contributed by atoms with Crippen LogP contribution in [0.4, 0.5) is 5.82 Å². The number of imidazole rings is 1. The molecule has 7 nitrogen and oxygen atoms in total. The number of carbonyl (C=O) groups is 1. The van der Waals surface area contributed by atoms with Crippen molar-refractivity contribution in [2.75, 3.05) is 18.9 Å². The molecule has 2 heterocycles. The van der Waals surface area contributed by atoms with Crippen LogP contribution in [0, 0.1) is 6.92 Å². The zero-order valence-electron chi connectivity index (χ0n) is 14.1. The van der Waals surface area contributed by atoms with Crippen molar-refractivity contribution in [3.8, 4) is 0 Å². The van der Waals surface area contributed by atoms with E-state index in [4.69, 9.17) is 10.5 Å². The molecule has 0 saturated heterocycles. The van der Waals surface area contributed by atoms with E-state index in [0.29, 0.717) is 25.6 Å². The van der Waals surface area contributed by atoms with Gasteiger partial charge in [0.25, 0.3) is 0 Å². The van der Waals surface area contributed by atoms with E-state index in [1.54, 1.807) is 0 Å². The van der Waals surface area contributed by atoms with Gasteiger partial charge >= 0.3 is 0 Å². The molecular weight excluding hydrogens is 294 g/mol. The van der Waals surface area contributed by atoms with E-state index < -0.39 is 0 Å². The summed E-state index contributed by atoms with van der Waals surface area (Å²) < 4.78 is 7.66. The number of nitrogens with one attached hydrogen (secondary N) is 1. The van der Waals surface area contributed by atoms with E-state index in [-0.39, 0.29) is 5.91 Å². The Morgan fingerprint density at radius 1 is 1.39 bits per heavy atom. The Morgan fingerprint density at radius 3 is 2.87 bits per heavy atom. The van der Waals surface area contributed by atoms with Gasteiger partial charge in [0, 0.05) is 32.3 Å². The summed E-state index contributed by atoms with van der Waals surface area (Å²) in [6.07, 6.45) is 1.85. The lowest BCUT2D eigenvalue weighted by Gasteiger charge is -2.10. The molecular formula is C16H25N5O2. The number of carbonyl (C=O) groups excluding carboxylic acids is 1. The second-order valence-electron chi connectivity index (χ2n) is 5.52. The van der Waals surface area contributed by atoms with Crippen LogP contribution in [0.5, 0.6) is 0 Å². The summed E-state index contributed by atoms with van der Waals surface area (Å²) >= 11 is 0.